The Morgan fingerprint density at radius 1 is 1.05 bits per heavy atom. The highest BCUT2D eigenvalue weighted by molar-refractivity contribution is 5.85. The molecule has 0 fully saturated rings. The van der Waals surface area contributed by atoms with Crippen LogP contribution in [-0.2, 0) is 0 Å². The third-order valence-electron chi connectivity index (χ3n) is 2.87. The number of hydrogen-bond acceptors (Lipinski definition) is 4. The van der Waals surface area contributed by atoms with Gasteiger partial charge in [0.2, 0.25) is 5.88 Å². The Morgan fingerprint density at radius 2 is 1.74 bits per heavy atom. The Morgan fingerprint density at radius 3 is 2.42 bits per heavy atom. The highest BCUT2D eigenvalue weighted by atomic mass is 16.5. The van der Waals surface area contributed by atoms with E-state index in [1.807, 2.05) is 32.9 Å². The number of carboxylic acid groups (broad SMARTS) is 1. The Bertz CT molecular complexity index is 639. The van der Waals surface area contributed by atoms with E-state index < -0.39 is 5.97 Å². The minimum absolute atomic E-state index is 0.0912. The third-order valence-corrected chi connectivity index (χ3v) is 2.87. The zero-order chi connectivity index (χ0) is 14.0. The van der Waals surface area contributed by atoms with E-state index in [0.717, 1.165) is 11.1 Å². The van der Waals surface area contributed by atoms with E-state index in [-0.39, 0.29) is 11.6 Å². The van der Waals surface area contributed by atoms with E-state index in [4.69, 9.17) is 9.84 Å². The third kappa shape index (κ3) is 2.88. The first-order valence-electron chi connectivity index (χ1n) is 5.78. The fourth-order valence-corrected chi connectivity index (χ4v) is 1.67. The zero-order valence-corrected chi connectivity index (χ0v) is 11.0. The molecule has 1 aromatic carbocycles. The maximum absolute atomic E-state index is 10.8. The molecule has 19 heavy (non-hydrogen) atoms. The van der Waals surface area contributed by atoms with Gasteiger partial charge in [-0.15, -0.1) is 0 Å². The number of ether oxygens (including phenoxy) is 1. The van der Waals surface area contributed by atoms with Crippen molar-refractivity contribution in [2.45, 2.75) is 20.8 Å². The van der Waals surface area contributed by atoms with Crippen molar-refractivity contribution < 1.29 is 14.6 Å². The van der Waals surface area contributed by atoms with Gasteiger partial charge in [0.15, 0.2) is 5.69 Å². The lowest BCUT2D eigenvalue weighted by Crippen LogP contribution is -2.01. The molecule has 5 heteroatoms. The van der Waals surface area contributed by atoms with Crippen LogP contribution in [0.1, 0.15) is 27.2 Å². The van der Waals surface area contributed by atoms with Gasteiger partial charge in [0.25, 0.3) is 0 Å². The predicted octanol–water partition coefficient (Wildman–Crippen LogP) is 2.89. The molecular formula is C14H14N2O3. The average molecular weight is 258 g/mol. The number of rotatable bonds is 3. The van der Waals surface area contributed by atoms with Crippen molar-refractivity contribution >= 4 is 5.97 Å². The number of carbonyl (C=O) groups is 1. The molecule has 98 valence electrons. The van der Waals surface area contributed by atoms with Crippen LogP contribution < -0.4 is 4.74 Å². The molecule has 0 spiro atoms. The molecule has 0 atom stereocenters. The lowest BCUT2D eigenvalue weighted by molar-refractivity contribution is 0.0689. The molecule has 2 aromatic rings. The molecule has 0 aliphatic heterocycles. The van der Waals surface area contributed by atoms with Gasteiger partial charge in [0, 0.05) is 6.07 Å². The van der Waals surface area contributed by atoms with Crippen LogP contribution in [0.5, 0.6) is 11.6 Å². The van der Waals surface area contributed by atoms with Gasteiger partial charge in [-0.05, 0) is 43.5 Å². The Balaban J connectivity index is 2.33. The largest absolute Gasteiger partial charge is 0.477 e. The number of carboxylic acids is 1. The van der Waals surface area contributed by atoms with Crippen LogP contribution in [0.4, 0.5) is 0 Å². The molecule has 1 aromatic heterocycles. The molecule has 5 nitrogen and oxygen atoms in total. The Labute approximate surface area is 110 Å². The molecular weight excluding hydrogens is 244 g/mol. The summed E-state index contributed by atoms with van der Waals surface area (Å²) in [5, 5.41) is 8.86. The summed E-state index contributed by atoms with van der Waals surface area (Å²) in [6.45, 7) is 5.95. The van der Waals surface area contributed by atoms with Crippen LogP contribution in [0.25, 0.3) is 0 Å². The summed E-state index contributed by atoms with van der Waals surface area (Å²) in [5.74, 6) is -0.221. The molecule has 1 N–H and O–H groups in total. The minimum Gasteiger partial charge on any atom is -0.477 e. The van der Waals surface area contributed by atoms with E-state index in [1.54, 1.807) is 0 Å². The van der Waals surface area contributed by atoms with Gasteiger partial charge in [-0.3, -0.25) is 0 Å². The Hall–Kier alpha value is -2.43. The van der Waals surface area contributed by atoms with Gasteiger partial charge >= 0.3 is 5.97 Å². The molecule has 2 rings (SSSR count). The number of aryl methyl sites for hydroxylation is 3. The first-order valence-corrected chi connectivity index (χ1v) is 5.78. The number of aromatic carboxylic acids is 1. The second kappa shape index (κ2) is 5.06. The standard InChI is InChI=1S/C14H14N2O3/c1-8-4-10(3)12(5-9(8)2)19-13-6-11(14(17)18)15-7-16-13/h4-7H,1-3H3,(H,17,18). The summed E-state index contributed by atoms with van der Waals surface area (Å²) in [5.41, 5.74) is 3.16. The average Bonchev–Trinajstić information content (AvgIpc) is 2.36. The normalized spacial score (nSPS) is 10.3. The summed E-state index contributed by atoms with van der Waals surface area (Å²) in [7, 11) is 0. The summed E-state index contributed by atoms with van der Waals surface area (Å²) in [6.07, 6.45) is 1.18. The number of benzene rings is 1. The van der Waals surface area contributed by atoms with Gasteiger partial charge in [-0.2, -0.15) is 0 Å². The van der Waals surface area contributed by atoms with Crippen LogP contribution in [-0.4, -0.2) is 21.0 Å². The predicted molar refractivity (Wildman–Crippen MR) is 69.7 cm³/mol. The van der Waals surface area contributed by atoms with Crippen molar-refractivity contribution in [2.75, 3.05) is 0 Å². The maximum Gasteiger partial charge on any atom is 0.354 e. The van der Waals surface area contributed by atoms with Crippen LogP contribution in [0.15, 0.2) is 24.5 Å². The van der Waals surface area contributed by atoms with E-state index in [1.165, 1.54) is 18.0 Å². The highest BCUT2D eigenvalue weighted by Crippen LogP contribution is 2.26. The van der Waals surface area contributed by atoms with E-state index >= 15 is 0 Å². The van der Waals surface area contributed by atoms with Crippen LogP contribution >= 0.6 is 0 Å². The number of nitrogens with zero attached hydrogens (tertiary/aromatic N) is 2. The number of hydrogen-bond donors (Lipinski definition) is 1. The molecule has 1 heterocycles. The molecule has 0 amide bonds. The van der Waals surface area contributed by atoms with Crippen molar-refractivity contribution in [1.29, 1.82) is 0 Å². The highest BCUT2D eigenvalue weighted by Gasteiger charge is 2.09. The van der Waals surface area contributed by atoms with Gasteiger partial charge in [-0.25, -0.2) is 14.8 Å². The lowest BCUT2D eigenvalue weighted by Gasteiger charge is -2.10. The van der Waals surface area contributed by atoms with Gasteiger partial charge in [0.05, 0.1) is 0 Å². The van der Waals surface area contributed by atoms with Crippen molar-refractivity contribution in [1.82, 2.24) is 9.97 Å². The second-order valence-corrected chi connectivity index (χ2v) is 4.35. The number of aromatic nitrogens is 2. The molecule has 0 radical (unpaired) electrons. The molecule has 0 saturated carbocycles. The van der Waals surface area contributed by atoms with Crippen molar-refractivity contribution in [3.8, 4) is 11.6 Å². The fraction of sp³-hybridized carbons (Fsp3) is 0.214. The van der Waals surface area contributed by atoms with Crippen LogP contribution in [0.2, 0.25) is 0 Å². The first kappa shape index (κ1) is 13.0. The topological polar surface area (TPSA) is 72.3 Å². The van der Waals surface area contributed by atoms with Crippen LogP contribution in [0.3, 0.4) is 0 Å². The fourth-order valence-electron chi connectivity index (χ4n) is 1.67. The maximum atomic E-state index is 10.8. The molecule has 0 saturated heterocycles. The summed E-state index contributed by atoms with van der Waals surface area (Å²) in [6, 6.07) is 5.23. The SMILES string of the molecule is Cc1cc(C)c(Oc2cc(C(=O)O)ncn2)cc1C. The van der Waals surface area contributed by atoms with Gasteiger partial charge < -0.3 is 9.84 Å². The van der Waals surface area contributed by atoms with E-state index in [2.05, 4.69) is 9.97 Å². The molecule has 0 aliphatic rings. The summed E-state index contributed by atoms with van der Waals surface area (Å²) < 4.78 is 5.62. The monoisotopic (exact) mass is 258 g/mol. The molecule has 0 unspecified atom stereocenters. The summed E-state index contributed by atoms with van der Waals surface area (Å²) >= 11 is 0. The first-order chi connectivity index (χ1) is 8.97. The summed E-state index contributed by atoms with van der Waals surface area (Å²) in [4.78, 5) is 18.4. The minimum atomic E-state index is -1.11. The second-order valence-electron chi connectivity index (χ2n) is 4.35. The van der Waals surface area contributed by atoms with Crippen molar-refractivity contribution in [3.05, 3.63) is 46.9 Å². The Kier molecular flexibility index (Phi) is 3.46. The van der Waals surface area contributed by atoms with Gasteiger partial charge in [-0.1, -0.05) is 6.07 Å². The van der Waals surface area contributed by atoms with Crippen molar-refractivity contribution in [3.63, 3.8) is 0 Å². The van der Waals surface area contributed by atoms with Gasteiger partial charge in [0.1, 0.15) is 12.1 Å². The van der Waals surface area contributed by atoms with E-state index in [0.29, 0.717) is 5.75 Å². The van der Waals surface area contributed by atoms with E-state index in [9.17, 15) is 4.79 Å². The quantitative estimate of drug-likeness (QED) is 0.916. The zero-order valence-electron chi connectivity index (χ0n) is 11.0. The molecule has 0 aliphatic carbocycles. The van der Waals surface area contributed by atoms with Crippen LogP contribution in [0, 0.1) is 20.8 Å². The van der Waals surface area contributed by atoms with Crippen molar-refractivity contribution in [2.24, 2.45) is 0 Å². The molecule has 0 bridgehead atoms. The smallest absolute Gasteiger partial charge is 0.354 e. The lowest BCUT2D eigenvalue weighted by atomic mass is 10.1.